The zero-order valence-corrected chi connectivity index (χ0v) is 11.3. The van der Waals surface area contributed by atoms with E-state index in [9.17, 15) is 8.42 Å². The van der Waals surface area contributed by atoms with Gasteiger partial charge in [-0.15, -0.1) is 0 Å². The Labute approximate surface area is 109 Å². The molecule has 0 aliphatic rings. The predicted molar refractivity (Wildman–Crippen MR) is 64.7 cm³/mol. The second-order valence-corrected chi connectivity index (χ2v) is 5.55. The van der Waals surface area contributed by atoms with Gasteiger partial charge in [-0.25, -0.2) is 8.42 Å². The molecular formula is C10H11N5O3S. The van der Waals surface area contributed by atoms with Crippen molar-refractivity contribution in [1.82, 2.24) is 14.9 Å². The molecule has 0 bridgehead atoms. The molecule has 0 saturated heterocycles. The van der Waals surface area contributed by atoms with Gasteiger partial charge in [-0.2, -0.15) is 10.4 Å². The molecule has 0 aliphatic carbocycles. The van der Waals surface area contributed by atoms with Gasteiger partial charge in [0, 0.05) is 13.2 Å². The summed E-state index contributed by atoms with van der Waals surface area (Å²) in [7, 11) is -2.29. The Morgan fingerprint density at radius 2 is 2.16 bits per heavy atom. The van der Waals surface area contributed by atoms with Gasteiger partial charge in [0.15, 0.2) is 16.5 Å². The van der Waals surface area contributed by atoms with Gasteiger partial charge in [0.2, 0.25) is 0 Å². The fourth-order valence-electron chi connectivity index (χ4n) is 1.68. The summed E-state index contributed by atoms with van der Waals surface area (Å²) in [6.45, 7) is 3.02. The normalized spacial score (nSPS) is 11.3. The van der Waals surface area contributed by atoms with E-state index in [1.807, 2.05) is 6.07 Å². The molecule has 9 heteroatoms. The van der Waals surface area contributed by atoms with Gasteiger partial charge in [0.25, 0.3) is 10.0 Å². The summed E-state index contributed by atoms with van der Waals surface area (Å²) >= 11 is 0. The molecule has 0 atom stereocenters. The lowest BCUT2D eigenvalue weighted by Crippen LogP contribution is -2.15. The van der Waals surface area contributed by atoms with E-state index in [0.717, 1.165) is 0 Å². The fraction of sp³-hybridized carbons (Fsp3) is 0.300. The molecule has 0 spiro atoms. The highest BCUT2D eigenvalue weighted by molar-refractivity contribution is 7.92. The highest BCUT2D eigenvalue weighted by atomic mass is 32.2. The minimum Gasteiger partial charge on any atom is -0.360 e. The van der Waals surface area contributed by atoms with Gasteiger partial charge in [-0.3, -0.25) is 9.40 Å². The predicted octanol–water partition coefficient (Wildman–Crippen LogP) is 0.697. The van der Waals surface area contributed by atoms with Crippen molar-refractivity contribution in [3.05, 3.63) is 23.2 Å². The zero-order valence-electron chi connectivity index (χ0n) is 10.5. The van der Waals surface area contributed by atoms with Crippen LogP contribution in [0, 0.1) is 25.2 Å². The number of anilines is 1. The maximum atomic E-state index is 12.2. The molecule has 2 aromatic rings. The third-order valence-corrected chi connectivity index (χ3v) is 4.00. The SMILES string of the molecule is Cc1noc(C)c1S(=O)(=O)Nc1nn(C)cc1C#N. The quantitative estimate of drug-likeness (QED) is 0.885. The number of nitrogens with zero attached hydrogens (tertiary/aromatic N) is 4. The molecule has 0 aliphatic heterocycles. The second kappa shape index (κ2) is 4.40. The molecular weight excluding hydrogens is 270 g/mol. The van der Waals surface area contributed by atoms with Gasteiger partial charge < -0.3 is 4.52 Å². The molecule has 1 N–H and O–H groups in total. The minimum absolute atomic E-state index is 0.0231. The van der Waals surface area contributed by atoms with Crippen LogP contribution in [0.2, 0.25) is 0 Å². The molecule has 19 heavy (non-hydrogen) atoms. The second-order valence-electron chi connectivity index (χ2n) is 3.94. The maximum Gasteiger partial charge on any atom is 0.268 e. The summed E-state index contributed by atoms with van der Waals surface area (Å²) in [6.07, 6.45) is 1.42. The summed E-state index contributed by atoms with van der Waals surface area (Å²) in [4.78, 5) is -0.0398. The van der Waals surface area contributed by atoms with Crippen LogP contribution in [-0.4, -0.2) is 23.4 Å². The lowest BCUT2D eigenvalue weighted by atomic mass is 10.4. The number of hydrogen-bond acceptors (Lipinski definition) is 6. The van der Waals surface area contributed by atoms with Crippen LogP contribution in [-0.2, 0) is 17.1 Å². The van der Waals surface area contributed by atoms with Crippen LogP contribution < -0.4 is 4.72 Å². The van der Waals surface area contributed by atoms with Crippen LogP contribution in [0.15, 0.2) is 15.6 Å². The van der Waals surface area contributed by atoms with Crippen molar-refractivity contribution in [2.24, 2.45) is 7.05 Å². The third-order valence-electron chi connectivity index (χ3n) is 2.42. The van der Waals surface area contributed by atoms with E-state index in [0.29, 0.717) is 0 Å². The maximum absolute atomic E-state index is 12.2. The standard InChI is InChI=1S/C10H11N5O3S/c1-6-9(7(2)18-13-6)19(16,17)14-10-8(4-11)5-15(3)12-10/h5H,1-3H3,(H,12,14). The Bertz CT molecular complexity index is 746. The summed E-state index contributed by atoms with van der Waals surface area (Å²) in [5, 5.41) is 16.4. The average molecular weight is 281 g/mol. The van der Waals surface area contributed by atoms with Gasteiger partial charge in [-0.05, 0) is 13.8 Å². The molecule has 0 amide bonds. The van der Waals surface area contributed by atoms with E-state index in [-0.39, 0.29) is 27.7 Å². The molecule has 0 unspecified atom stereocenters. The zero-order chi connectivity index (χ0) is 14.2. The lowest BCUT2D eigenvalue weighted by molar-refractivity contribution is 0.390. The summed E-state index contributed by atoms with van der Waals surface area (Å²) in [5.41, 5.74) is 0.386. The molecule has 2 rings (SSSR count). The first-order chi connectivity index (χ1) is 8.85. The molecule has 100 valence electrons. The number of nitrogens with one attached hydrogen (secondary N) is 1. The monoisotopic (exact) mass is 281 g/mol. The van der Waals surface area contributed by atoms with Crippen LogP contribution in [0.5, 0.6) is 0 Å². The first-order valence-corrected chi connectivity index (χ1v) is 6.73. The van der Waals surface area contributed by atoms with E-state index in [1.165, 1.54) is 24.7 Å². The number of hydrogen-bond donors (Lipinski definition) is 1. The topological polar surface area (TPSA) is 114 Å². The molecule has 0 fully saturated rings. The summed E-state index contributed by atoms with van der Waals surface area (Å²) in [5.74, 6) is 0.157. The van der Waals surface area contributed by atoms with Crippen molar-refractivity contribution in [2.45, 2.75) is 18.7 Å². The van der Waals surface area contributed by atoms with Crippen molar-refractivity contribution in [1.29, 1.82) is 5.26 Å². The molecule has 0 aromatic carbocycles. The van der Waals surface area contributed by atoms with Crippen LogP contribution in [0.25, 0.3) is 0 Å². The number of rotatable bonds is 3. The Morgan fingerprint density at radius 1 is 1.47 bits per heavy atom. The Kier molecular flexibility index (Phi) is 3.03. The number of aryl methyl sites for hydroxylation is 3. The van der Waals surface area contributed by atoms with Crippen LogP contribution in [0.3, 0.4) is 0 Å². The van der Waals surface area contributed by atoms with Crippen LogP contribution >= 0.6 is 0 Å². The average Bonchev–Trinajstić information content (AvgIpc) is 2.81. The molecule has 2 heterocycles. The first-order valence-electron chi connectivity index (χ1n) is 5.24. The molecule has 2 aromatic heterocycles. The van der Waals surface area contributed by atoms with Gasteiger partial charge >= 0.3 is 0 Å². The van der Waals surface area contributed by atoms with Crippen molar-refractivity contribution >= 4 is 15.8 Å². The largest absolute Gasteiger partial charge is 0.360 e. The number of nitriles is 1. The smallest absolute Gasteiger partial charge is 0.268 e. The van der Waals surface area contributed by atoms with E-state index in [1.54, 1.807) is 7.05 Å². The molecule has 0 saturated carbocycles. The van der Waals surface area contributed by atoms with Crippen molar-refractivity contribution in [3.8, 4) is 6.07 Å². The Morgan fingerprint density at radius 3 is 2.68 bits per heavy atom. The van der Waals surface area contributed by atoms with Crippen molar-refractivity contribution < 1.29 is 12.9 Å². The van der Waals surface area contributed by atoms with E-state index in [4.69, 9.17) is 9.78 Å². The number of sulfonamides is 1. The minimum atomic E-state index is -3.88. The van der Waals surface area contributed by atoms with Gasteiger partial charge in [0.05, 0.1) is 0 Å². The Balaban J connectivity index is 2.46. The van der Waals surface area contributed by atoms with Crippen molar-refractivity contribution in [3.63, 3.8) is 0 Å². The van der Waals surface area contributed by atoms with Crippen LogP contribution in [0.1, 0.15) is 17.0 Å². The van der Waals surface area contributed by atoms with E-state index >= 15 is 0 Å². The van der Waals surface area contributed by atoms with Crippen LogP contribution in [0.4, 0.5) is 5.82 Å². The fourth-order valence-corrected chi connectivity index (χ4v) is 3.03. The Hall–Kier alpha value is -2.34. The highest BCUT2D eigenvalue weighted by Gasteiger charge is 2.26. The molecule has 8 nitrogen and oxygen atoms in total. The van der Waals surface area contributed by atoms with Crippen molar-refractivity contribution in [2.75, 3.05) is 4.72 Å². The van der Waals surface area contributed by atoms with Gasteiger partial charge in [-0.1, -0.05) is 5.16 Å². The van der Waals surface area contributed by atoms with E-state index in [2.05, 4.69) is 15.0 Å². The lowest BCUT2D eigenvalue weighted by Gasteiger charge is -2.04. The third kappa shape index (κ3) is 2.30. The van der Waals surface area contributed by atoms with E-state index < -0.39 is 10.0 Å². The van der Waals surface area contributed by atoms with Gasteiger partial charge in [0.1, 0.15) is 17.3 Å². The summed E-state index contributed by atoms with van der Waals surface area (Å²) < 4.78 is 32.9. The highest BCUT2D eigenvalue weighted by Crippen LogP contribution is 2.22. The molecule has 0 radical (unpaired) electrons. The first kappa shape index (κ1) is 13.1. The number of aromatic nitrogens is 3. The summed E-state index contributed by atoms with van der Waals surface area (Å²) in [6, 6.07) is 1.86.